The fourth-order valence-electron chi connectivity index (χ4n) is 2.98. The number of nitrogens with one attached hydrogen (secondary N) is 2. The van der Waals surface area contributed by atoms with E-state index in [1.807, 2.05) is 0 Å². The highest BCUT2D eigenvalue weighted by Gasteiger charge is 2.40. The molecule has 0 saturated heterocycles. The van der Waals surface area contributed by atoms with E-state index in [1.165, 1.54) is 30.9 Å². The molecule has 0 aromatic carbocycles. The molecule has 0 unspecified atom stereocenters. The first-order valence-corrected chi connectivity index (χ1v) is 8.36. The number of aromatic nitrogens is 3. The summed E-state index contributed by atoms with van der Waals surface area (Å²) in [7, 11) is 2.89. The maximum Gasteiger partial charge on any atom is 0.522 e. The number of amides is 2. The smallest absolute Gasteiger partial charge is 0.378 e. The Morgan fingerprint density at radius 1 is 1.32 bits per heavy atom. The van der Waals surface area contributed by atoms with Gasteiger partial charge in [-0.2, -0.15) is 5.10 Å². The van der Waals surface area contributed by atoms with Crippen LogP contribution in [-0.4, -0.2) is 59.1 Å². The Kier molecular flexibility index (Phi) is 5.52. The molecule has 2 aromatic heterocycles. The Morgan fingerprint density at radius 2 is 2.04 bits per heavy atom. The summed E-state index contributed by atoms with van der Waals surface area (Å²) in [6, 6.07) is 0.956. The van der Waals surface area contributed by atoms with Crippen molar-refractivity contribution in [3.05, 3.63) is 29.2 Å². The number of rotatable bonds is 6. The van der Waals surface area contributed by atoms with Crippen molar-refractivity contribution in [1.29, 1.82) is 0 Å². The Balaban J connectivity index is 1.80. The number of alkyl halides is 3. The molecule has 3 rings (SSSR count). The fraction of sp³-hybridized carbons (Fsp3) is 0.500. The minimum Gasteiger partial charge on any atom is -0.378 e. The number of nitrogens with zero attached hydrogens (tertiary/aromatic N) is 3. The van der Waals surface area contributed by atoms with E-state index in [4.69, 9.17) is 4.74 Å². The number of hydrogen-bond donors (Lipinski definition) is 2. The zero-order valence-corrected chi connectivity index (χ0v) is 15.0. The number of methoxy groups -OCH3 is 1. The van der Waals surface area contributed by atoms with Gasteiger partial charge in [0.2, 0.25) is 0 Å². The van der Waals surface area contributed by atoms with E-state index in [0.717, 1.165) is 0 Å². The van der Waals surface area contributed by atoms with Gasteiger partial charge in [0.15, 0.2) is 5.65 Å². The van der Waals surface area contributed by atoms with Gasteiger partial charge in [-0.15, -0.1) is 13.2 Å². The highest BCUT2D eigenvalue weighted by atomic mass is 19.4. The molecule has 2 amide bonds. The molecule has 0 atom stereocenters. The molecule has 1 saturated carbocycles. The molecule has 0 bridgehead atoms. The SMILES string of the molecule is CNC(=O)c1c(COC)nn2c(C(=O)NC3CC(OC(F)(F)F)C3)ccnc12. The van der Waals surface area contributed by atoms with Crippen molar-refractivity contribution in [1.82, 2.24) is 25.2 Å². The molecule has 9 nitrogen and oxygen atoms in total. The lowest BCUT2D eigenvalue weighted by atomic mass is 9.89. The van der Waals surface area contributed by atoms with Crippen LogP contribution in [-0.2, 0) is 16.1 Å². The minimum atomic E-state index is -4.69. The first kappa shape index (κ1) is 20.0. The van der Waals surface area contributed by atoms with E-state index in [9.17, 15) is 22.8 Å². The summed E-state index contributed by atoms with van der Waals surface area (Å²) in [5.74, 6) is -0.976. The molecule has 1 aliphatic carbocycles. The largest absolute Gasteiger partial charge is 0.522 e. The van der Waals surface area contributed by atoms with Crippen LogP contribution >= 0.6 is 0 Å². The van der Waals surface area contributed by atoms with Crippen LogP contribution in [0, 0.1) is 0 Å². The second-order valence-electron chi connectivity index (χ2n) is 6.23. The van der Waals surface area contributed by atoms with Crippen LogP contribution in [0.15, 0.2) is 12.3 Å². The molecule has 152 valence electrons. The van der Waals surface area contributed by atoms with E-state index < -0.39 is 30.3 Å². The Hall–Kier alpha value is -2.73. The standard InChI is InChI=1S/C16H18F3N5O4/c1-20-15(26)12-10(7-27-2)23-24-11(3-4-21-13(12)24)14(25)22-8-5-9(6-8)28-16(17,18)19/h3-4,8-9H,5-7H2,1-2H3,(H,20,26)(H,22,25). The summed E-state index contributed by atoms with van der Waals surface area (Å²) in [6.07, 6.45) is -4.21. The molecular formula is C16H18F3N5O4. The van der Waals surface area contributed by atoms with Crippen LogP contribution < -0.4 is 10.6 Å². The molecule has 0 aliphatic heterocycles. The number of halogens is 3. The number of ether oxygens (including phenoxy) is 2. The molecule has 12 heteroatoms. The molecule has 28 heavy (non-hydrogen) atoms. The highest BCUT2D eigenvalue weighted by Crippen LogP contribution is 2.30. The first-order valence-electron chi connectivity index (χ1n) is 8.36. The number of carbonyl (C=O) groups is 2. The third-order valence-electron chi connectivity index (χ3n) is 4.29. The molecule has 1 aliphatic rings. The quantitative estimate of drug-likeness (QED) is 0.749. The van der Waals surface area contributed by atoms with Gasteiger partial charge in [0.25, 0.3) is 11.8 Å². The predicted octanol–water partition coefficient (Wildman–Crippen LogP) is 1.03. The van der Waals surface area contributed by atoms with Crippen molar-refractivity contribution in [2.24, 2.45) is 0 Å². The number of hydrogen-bond acceptors (Lipinski definition) is 6. The minimum absolute atomic E-state index is 0.0340. The monoisotopic (exact) mass is 401 g/mol. The van der Waals surface area contributed by atoms with Gasteiger partial charge in [0.05, 0.1) is 12.7 Å². The van der Waals surface area contributed by atoms with E-state index >= 15 is 0 Å². The van der Waals surface area contributed by atoms with Crippen LogP contribution in [0.3, 0.4) is 0 Å². The van der Waals surface area contributed by atoms with Crippen molar-refractivity contribution in [3.8, 4) is 0 Å². The molecule has 0 spiro atoms. The maximum atomic E-state index is 12.6. The lowest BCUT2D eigenvalue weighted by Crippen LogP contribution is -2.49. The molecule has 1 fully saturated rings. The van der Waals surface area contributed by atoms with Crippen LogP contribution in [0.5, 0.6) is 0 Å². The Morgan fingerprint density at radius 3 is 2.64 bits per heavy atom. The average Bonchev–Trinajstić information content (AvgIpc) is 2.96. The maximum absolute atomic E-state index is 12.6. The van der Waals surface area contributed by atoms with E-state index in [1.54, 1.807) is 0 Å². The predicted molar refractivity (Wildman–Crippen MR) is 88.5 cm³/mol. The Labute approximate surface area is 157 Å². The average molecular weight is 401 g/mol. The lowest BCUT2D eigenvalue weighted by Gasteiger charge is -2.35. The van der Waals surface area contributed by atoms with E-state index in [-0.39, 0.29) is 36.4 Å². The molecule has 0 radical (unpaired) electrons. The van der Waals surface area contributed by atoms with Gasteiger partial charge >= 0.3 is 6.36 Å². The molecule has 2 aromatic rings. The topological polar surface area (TPSA) is 107 Å². The summed E-state index contributed by atoms with van der Waals surface area (Å²) in [4.78, 5) is 28.9. The zero-order valence-electron chi connectivity index (χ0n) is 15.0. The van der Waals surface area contributed by atoms with Crippen molar-refractivity contribution in [2.75, 3.05) is 14.2 Å². The summed E-state index contributed by atoms with van der Waals surface area (Å²) < 4.78 is 46.7. The zero-order chi connectivity index (χ0) is 20.5. The second-order valence-corrected chi connectivity index (χ2v) is 6.23. The van der Waals surface area contributed by atoms with Crippen LogP contribution in [0.2, 0.25) is 0 Å². The van der Waals surface area contributed by atoms with E-state index in [2.05, 4.69) is 25.5 Å². The van der Waals surface area contributed by atoms with Gasteiger partial charge in [-0.05, 0) is 18.9 Å². The van der Waals surface area contributed by atoms with E-state index in [0.29, 0.717) is 5.69 Å². The number of fused-ring (bicyclic) bond motifs is 1. The third-order valence-corrected chi connectivity index (χ3v) is 4.29. The summed E-state index contributed by atoms with van der Waals surface area (Å²) >= 11 is 0. The summed E-state index contributed by atoms with van der Waals surface area (Å²) in [5.41, 5.74) is 0.752. The summed E-state index contributed by atoms with van der Waals surface area (Å²) in [6.45, 7) is 0.0340. The normalized spacial score (nSPS) is 19.3. The van der Waals surface area contributed by atoms with Crippen molar-refractivity contribution in [2.45, 2.75) is 38.0 Å². The molecule has 2 N–H and O–H groups in total. The van der Waals surface area contributed by atoms with Crippen LogP contribution in [0.4, 0.5) is 13.2 Å². The molecular weight excluding hydrogens is 383 g/mol. The van der Waals surface area contributed by atoms with Gasteiger partial charge in [0.1, 0.15) is 17.0 Å². The lowest BCUT2D eigenvalue weighted by molar-refractivity contribution is -0.351. The van der Waals surface area contributed by atoms with Crippen molar-refractivity contribution in [3.63, 3.8) is 0 Å². The van der Waals surface area contributed by atoms with Gasteiger partial charge < -0.3 is 15.4 Å². The molecule has 2 heterocycles. The van der Waals surface area contributed by atoms with Crippen LogP contribution in [0.25, 0.3) is 5.65 Å². The second kappa shape index (κ2) is 7.72. The summed E-state index contributed by atoms with van der Waals surface area (Å²) in [5, 5.41) is 9.37. The number of carbonyl (C=O) groups excluding carboxylic acids is 2. The van der Waals surface area contributed by atoms with Crippen molar-refractivity contribution >= 4 is 17.5 Å². The van der Waals surface area contributed by atoms with Gasteiger partial charge in [-0.25, -0.2) is 9.50 Å². The van der Waals surface area contributed by atoms with Gasteiger partial charge in [-0.1, -0.05) is 0 Å². The van der Waals surface area contributed by atoms with Gasteiger partial charge in [-0.3, -0.25) is 14.3 Å². The van der Waals surface area contributed by atoms with Crippen LogP contribution in [0.1, 0.15) is 39.4 Å². The Bertz CT molecular complexity index is 892. The fourth-order valence-corrected chi connectivity index (χ4v) is 2.98. The highest BCUT2D eigenvalue weighted by molar-refractivity contribution is 6.02. The third kappa shape index (κ3) is 4.07. The van der Waals surface area contributed by atoms with Gasteiger partial charge in [0, 0.05) is 26.4 Å². The van der Waals surface area contributed by atoms with Crippen molar-refractivity contribution < 1.29 is 32.2 Å². The first-order chi connectivity index (χ1) is 13.2.